The quantitative estimate of drug-likeness (QED) is 0.0674. The minimum Gasteiger partial charge on any atom is -0.743 e. The minimum absolute atomic E-state index is 0.0275. The van der Waals surface area contributed by atoms with Crippen LogP contribution in [0.15, 0.2) is 60.7 Å². The van der Waals surface area contributed by atoms with Gasteiger partial charge in [-0.2, -0.15) is 17.6 Å². The highest BCUT2D eigenvalue weighted by atomic mass is 32.2. The summed E-state index contributed by atoms with van der Waals surface area (Å²) in [5.41, 5.74) is -0.180. The summed E-state index contributed by atoms with van der Waals surface area (Å²) in [6, 6.07) is 22.0. The van der Waals surface area contributed by atoms with Crippen LogP contribution >= 0.6 is 10.5 Å². The zero-order valence-corrected chi connectivity index (χ0v) is 37.3. The van der Waals surface area contributed by atoms with Gasteiger partial charge in [0.05, 0.1) is 24.0 Å². The molecular weight excluding hydrogens is 861 g/mol. The van der Waals surface area contributed by atoms with Crippen molar-refractivity contribution in [2.24, 2.45) is 40.9 Å². The molecular formula is C48H54F4O9S2. The van der Waals surface area contributed by atoms with Gasteiger partial charge in [-0.05, 0) is 162 Å². The maximum atomic E-state index is 13.4. The van der Waals surface area contributed by atoms with Crippen LogP contribution in [0.5, 0.6) is 5.75 Å². The number of benzene rings is 3. The van der Waals surface area contributed by atoms with Gasteiger partial charge in [0.2, 0.25) is 0 Å². The molecule has 0 spiro atoms. The fourth-order valence-electron chi connectivity index (χ4n) is 13.3. The van der Waals surface area contributed by atoms with Crippen LogP contribution in [-0.4, -0.2) is 65.6 Å². The van der Waals surface area contributed by atoms with Crippen molar-refractivity contribution >= 4 is 52.7 Å². The molecule has 8 fully saturated rings. The molecule has 2 unspecified atom stereocenters. The number of carbonyl (C=O) groups excluding carboxylic acids is 2. The Bertz CT molecular complexity index is 2450. The maximum absolute atomic E-state index is 13.4. The van der Waals surface area contributed by atoms with Gasteiger partial charge in [0.1, 0.15) is 11.4 Å². The van der Waals surface area contributed by atoms with Crippen molar-refractivity contribution in [3.63, 3.8) is 0 Å². The molecule has 63 heavy (non-hydrogen) atoms. The number of ether oxygens (including phenoxy) is 3. The fourth-order valence-corrected chi connectivity index (χ4v) is 16.3. The van der Waals surface area contributed by atoms with Crippen LogP contribution in [0.3, 0.4) is 0 Å². The molecule has 8 aliphatic rings. The standard InChI is InChI=1S/C33H35O3S.C15H20F4O6S/c1-20-12-26(37-29-10-6-4-8-27(29)28-9-5-7-11-30(28)37)13-21(2)32(20)35-19-31(34)36-33(3)24-15-22-14-23(17-24)18-25(33)16-22;16-14(17,15(18,19)26(22,23)24)1-2-25-11(20)12-4-9-3-10(5-12)7-13(21,6-9)8-12/h4-13,22-25H,14-19H2,1-3H3;9-10,21H,1-8H2,(H,22,23,24)/q+1;/p-1. The summed E-state index contributed by atoms with van der Waals surface area (Å²) in [5.74, 6) is -2.40. The molecule has 15 heteroatoms. The van der Waals surface area contributed by atoms with Crippen molar-refractivity contribution in [3.05, 3.63) is 71.8 Å². The lowest BCUT2D eigenvalue weighted by atomic mass is 9.48. The smallest absolute Gasteiger partial charge is 0.396 e. The number of alkyl halides is 4. The highest BCUT2D eigenvalue weighted by molar-refractivity contribution is 7.86. The summed E-state index contributed by atoms with van der Waals surface area (Å²) in [6.45, 7) is 5.20. The van der Waals surface area contributed by atoms with Crippen LogP contribution in [0.4, 0.5) is 17.6 Å². The second-order valence-corrected chi connectivity index (χ2v) is 23.3. The van der Waals surface area contributed by atoms with Gasteiger partial charge in [0, 0.05) is 33.4 Å². The largest absolute Gasteiger partial charge is 0.743 e. The van der Waals surface area contributed by atoms with Crippen molar-refractivity contribution < 1.29 is 59.4 Å². The lowest BCUT2D eigenvalue weighted by Crippen LogP contribution is -2.58. The van der Waals surface area contributed by atoms with E-state index in [1.54, 1.807) is 0 Å². The van der Waals surface area contributed by atoms with E-state index in [0.29, 0.717) is 37.5 Å². The summed E-state index contributed by atoms with van der Waals surface area (Å²) in [6.07, 6.45) is 7.59. The Hall–Kier alpha value is -3.79. The molecule has 0 aliphatic heterocycles. The van der Waals surface area contributed by atoms with E-state index in [0.717, 1.165) is 35.1 Å². The zero-order chi connectivity index (χ0) is 44.9. The molecule has 0 amide bonds. The summed E-state index contributed by atoms with van der Waals surface area (Å²) in [4.78, 5) is 26.8. The van der Waals surface area contributed by atoms with Gasteiger partial charge in [0.25, 0.3) is 0 Å². The molecule has 8 saturated carbocycles. The van der Waals surface area contributed by atoms with Crippen LogP contribution in [-0.2, 0) is 29.2 Å². The second-order valence-electron chi connectivity index (χ2n) is 20.0. The molecule has 0 saturated heterocycles. The van der Waals surface area contributed by atoms with Gasteiger partial charge in [-0.25, -0.2) is 13.2 Å². The van der Waals surface area contributed by atoms with E-state index in [9.17, 15) is 45.2 Å². The summed E-state index contributed by atoms with van der Waals surface area (Å²) < 4.78 is 104. The van der Waals surface area contributed by atoms with Crippen LogP contribution in [0.25, 0.3) is 25.1 Å². The van der Waals surface area contributed by atoms with E-state index in [1.165, 1.54) is 57.2 Å². The number of hydrogen-bond acceptors (Lipinski definition) is 9. The van der Waals surface area contributed by atoms with E-state index in [-0.39, 0.29) is 46.9 Å². The normalized spacial score (nSPS) is 31.8. The monoisotopic (exact) mass is 914 g/mol. The number of halogens is 4. The first kappa shape index (κ1) is 44.4. The molecule has 1 heterocycles. The van der Waals surface area contributed by atoms with Crippen LogP contribution in [0.1, 0.15) is 95.1 Å². The minimum atomic E-state index is -6.56. The average Bonchev–Trinajstić information content (AvgIpc) is 3.52. The number of aliphatic hydroxyl groups is 1. The Morgan fingerprint density at radius 1 is 0.810 bits per heavy atom. The number of hydrogen-bond donors (Lipinski definition) is 1. The van der Waals surface area contributed by atoms with Crippen molar-refractivity contribution in [3.8, 4) is 10.6 Å². The van der Waals surface area contributed by atoms with Gasteiger partial charge >= 0.3 is 23.1 Å². The Balaban J connectivity index is 0.000000171. The molecule has 1 N–H and O–H groups in total. The Morgan fingerprint density at radius 3 is 1.83 bits per heavy atom. The molecule has 340 valence electrons. The van der Waals surface area contributed by atoms with E-state index < -0.39 is 51.3 Å². The lowest BCUT2D eigenvalue weighted by molar-refractivity contribution is -0.204. The van der Waals surface area contributed by atoms with Gasteiger partial charge in [-0.1, -0.05) is 24.3 Å². The van der Waals surface area contributed by atoms with Gasteiger partial charge in [-0.15, -0.1) is 0 Å². The third-order valence-electron chi connectivity index (χ3n) is 15.5. The zero-order valence-electron chi connectivity index (χ0n) is 35.7. The molecule has 9 nitrogen and oxygen atoms in total. The average molecular weight is 915 g/mol. The van der Waals surface area contributed by atoms with Gasteiger partial charge in [-0.3, -0.25) is 4.79 Å². The van der Waals surface area contributed by atoms with E-state index in [1.807, 2.05) is 0 Å². The first-order valence-electron chi connectivity index (χ1n) is 22.1. The molecule has 3 aromatic carbocycles. The third-order valence-corrected chi connectivity index (χ3v) is 18.7. The summed E-state index contributed by atoms with van der Waals surface area (Å²) >= 11 is 0. The van der Waals surface area contributed by atoms with Crippen LogP contribution < -0.4 is 4.74 Å². The van der Waals surface area contributed by atoms with Crippen molar-refractivity contribution in [2.75, 3.05) is 13.2 Å². The SMILES string of the molecule is Cc1cc(-[s+]2c3ccccc3c3ccccc32)cc(C)c1OCC(=O)OC1(C)C2CC3CC(C2)CC1C3.O=C(OCCC(F)(F)C(F)(F)S(=O)(=O)[O-])C12CC3CC(CC(O)(C3)C1)C2. The number of fused-ring (bicyclic) bond motifs is 3. The van der Waals surface area contributed by atoms with E-state index in [2.05, 4.69) is 81.4 Å². The van der Waals surface area contributed by atoms with E-state index >= 15 is 0 Å². The fraction of sp³-hybridized carbons (Fsp3) is 0.583. The number of esters is 2. The predicted octanol–water partition coefficient (Wildman–Crippen LogP) is 10.5. The number of thiophene rings is 1. The Kier molecular flexibility index (Phi) is 11.1. The van der Waals surface area contributed by atoms with Gasteiger partial charge in [0.15, 0.2) is 31.0 Å². The summed E-state index contributed by atoms with van der Waals surface area (Å²) in [5, 5.41) is 7.41. The molecule has 12 rings (SSSR count). The Morgan fingerprint density at radius 2 is 1.32 bits per heavy atom. The highest BCUT2D eigenvalue weighted by Gasteiger charge is 2.63. The number of rotatable bonds is 11. The number of carbonyl (C=O) groups is 2. The molecule has 2 atom stereocenters. The first-order chi connectivity index (χ1) is 29.6. The van der Waals surface area contributed by atoms with Crippen molar-refractivity contribution in [1.29, 1.82) is 0 Å². The summed E-state index contributed by atoms with van der Waals surface area (Å²) in [7, 11) is -6.70. The number of aryl methyl sites for hydroxylation is 2. The predicted molar refractivity (Wildman–Crippen MR) is 229 cm³/mol. The van der Waals surface area contributed by atoms with Crippen molar-refractivity contribution in [2.45, 2.75) is 120 Å². The molecule has 1 aromatic heterocycles. The maximum Gasteiger partial charge on any atom is 0.396 e. The first-order valence-corrected chi connectivity index (χ1v) is 24.7. The van der Waals surface area contributed by atoms with Crippen LogP contribution in [0, 0.1) is 54.8 Å². The molecule has 0 radical (unpaired) electrons. The molecule has 8 bridgehead atoms. The third kappa shape index (κ3) is 7.84. The molecule has 8 aliphatic carbocycles. The second kappa shape index (κ2) is 15.7. The van der Waals surface area contributed by atoms with Gasteiger partial charge < -0.3 is 23.9 Å². The highest BCUT2D eigenvalue weighted by Crippen LogP contribution is 2.62. The topological polar surface area (TPSA) is 139 Å². The molecule has 4 aromatic rings. The van der Waals surface area contributed by atoms with Crippen molar-refractivity contribution in [1.82, 2.24) is 0 Å². The lowest BCUT2D eigenvalue weighted by Gasteiger charge is -2.59. The van der Waals surface area contributed by atoms with E-state index in [4.69, 9.17) is 14.2 Å². The Labute approximate surface area is 367 Å². The van der Waals surface area contributed by atoms with Crippen LogP contribution in [0.2, 0.25) is 0 Å².